The maximum absolute atomic E-state index is 13.3. The van der Waals surface area contributed by atoms with E-state index >= 15 is 0 Å². The summed E-state index contributed by atoms with van der Waals surface area (Å²) in [7, 11) is 0. The predicted molar refractivity (Wildman–Crippen MR) is 156 cm³/mol. The standard InChI is InChI=1S/C29H33N7O6/c1-5-11-32-26(37)20-10-9-18(3)23(13-20)35-25(34-16-30)24-19(4)22(15-33-24)27(38)36(6-2)29(40)42-17-41-28(39)21-8-7-12-31-14-21/h7-10,12-16,33H,5-6,11,17H2,1-4H3,(H,32,37)(H2,30,34,35). The van der Waals surface area contributed by atoms with Crippen LogP contribution < -0.4 is 11.1 Å². The highest BCUT2D eigenvalue weighted by atomic mass is 16.7. The number of nitrogens with zero attached hydrogens (tertiary/aromatic N) is 4. The molecule has 2 aromatic heterocycles. The number of aliphatic imine (C=N–C) groups is 2. The van der Waals surface area contributed by atoms with E-state index in [4.69, 9.17) is 15.2 Å². The van der Waals surface area contributed by atoms with Crippen LogP contribution in [0.15, 0.2) is 58.9 Å². The van der Waals surface area contributed by atoms with E-state index in [1.54, 1.807) is 38.1 Å². The van der Waals surface area contributed by atoms with Crippen molar-refractivity contribution >= 4 is 41.7 Å². The lowest BCUT2D eigenvalue weighted by molar-refractivity contribution is -0.0102. The molecule has 0 aliphatic carbocycles. The lowest BCUT2D eigenvalue weighted by Crippen LogP contribution is -2.37. The Labute approximate surface area is 242 Å². The van der Waals surface area contributed by atoms with Gasteiger partial charge in [0.25, 0.3) is 11.8 Å². The van der Waals surface area contributed by atoms with Crippen LogP contribution in [-0.2, 0) is 9.47 Å². The van der Waals surface area contributed by atoms with E-state index < -0.39 is 24.8 Å². The second-order valence-electron chi connectivity index (χ2n) is 8.92. The van der Waals surface area contributed by atoms with Crippen LogP contribution in [0.4, 0.5) is 10.5 Å². The zero-order chi connectivity index (χ0) is 30.6. The maximum atomic E-state index is 13.3. The highest BCUT2D eigenvalue weighted by Gasteiger charge is 2.27. The number of pyridine rings is 1. The van der Waals surface area contributed by atoms with Crippen LogP contribution in [-0.4, -0.2) is 70.8 Å². The number of esters is 1. The normalized spacial score (nSPS) is 11.3. The summed E-state index contributed by atoms with van der Waals surface area (Å²) < 4.78 is 9.94. The molecule has 13 heteroatoms. The number of amidine groups is 1. The number of H-pyrrole nitrogens is 1. The molecule has 3 aromatic rings. The van der Waals surface area contributed by atoms with Gasteiger partial charge in [-0.05, 0) is 62.6 Å². The Bertz CT molecular complexity index is 1500. The van der Waals surface area contributed by atoms with E-state index in [1.807, 2.05) is 13.8 Å². The van der Waals surface area contributed by atoms with Crippen LogP contribution in [0.1, 0.15) is 68.2 Å². The van der Waals surface area contributed by atoms with E-state index in [1.165, 1.54) is 24.7 Å². The number of nitrogens with two attached hydrogens (primary N) is 1. The number of aryl methyl sites for hydroxylation is 1. The molecule has 42 heavy (non-hydrogen) atoms. The molecule has 1 aromatic carbocycles. The van der Waals surface area contributed by atoms with Crippen molar-refractivity contribution in [2.24, 2.45) is 15.7 Å². The lowest BCUT2D eigenvalue weighted by atomic mass is 10.1. The number of hydrogen-bond acceptors (Lipinski definition) is 8. The smallest absolute Gasteiger partial charge is 0.419 e. The van der Waals surface area contributed by atoms with Crippen LogP contribution in [0.5, 0.6) is 0 Å². The Hall–Kier alpha value is -5.33. The van der Waals surface area contributed by atoms with Crippen molar-refractivity contribution in [3.05, 3.63) is 82.4 Å². The monoisotopic (exact) mass is 575 g/mol. The largest absolute Gasteiger partial charge is 0.424 e. The minimum atomic E-state index is -0.994. The summed E-state index contributed by atoms with van der Waals surface area (Å²) in [5.74, 6) is -1.44. The van der Waals surface area contributed by atoms with Crippen molar-refractivity contribution in [1.29, 1.82) is 0 Å². The predicted octanol–water partition coefficient (Wildman–Crippen LogP) is 3.64. The number of carbonyl (C=O) groups excluding carboxylic acids is 4. The topological polar surface area (TPSA) is 181 Å². The molecule has 3 rings (SSSR count). The molecule has 0 atom stereocenters. The molecule has 4 N–H and O–H groups in total. The summed E-state index contributed by atoms with van der Waals surface area (Å²) >= 11 is 0. The third-order valence-electron chi connectivity index (χ3n) is 6.08. The number of benzene rings is 1. The Morgan fingerprint density at radius 3 is 2.57 bits per heavy atom. The number of ether oxygens (including phenoxy) is 2. The fourth-order valence-electron chi connectivity index (χ4n) is 3.77. The van der Waals surface area contributed by atoms with Gasteiger partial charge in [-0.15, -0.1) is 0 Å². The van der Waals surface area contributed by atoms with Crippen molar-refractivity contribution in [2.45, 2.75) is 34.1 Å². The van der Waals surface area contributed by atoms with Gasteiger partial charge < -0.3 is 25.5 Å². The van der Waals surface area contributed by atoms with Crippen molar-refractivity contribution in [3.8, 4) is 0 Å². The minimum absolute atomic E-state index is 0.0118. The van der Waals surface area contributed by atoms with Gasteiger partial charge in [0.05, 0.1) is 28.8 Å². The summed E-state index contributed by atoms with van der Waals surface area (Å²) in [6, 6.07) is 8.19. The van der Waals surface area contributed by atoms with Crippen molar-refractivity contribution in [1.82, 2.24) is 20.2 Å². The molecule has 2 heterocycles. The third-order valence-corrected chi connectivity index (χ3v) is 6.08. The van der Waals surface area contributed by atoms with Crippen LogP contribution >= 0.6 is 0 Å². The van der Waals surface area contributed by atoms with Crippen molar-refractivity contribution < 1.29 is 28.7 Å². The van der Waals surface area contributed by atoms with Crippen LogP contribution in [0, 0.1) is 13.8 Å². The van der Waals surface area contributed by atoms with Crippen LogP contribution in [0.25, 0.3) is 0 Å². The molecule has 220 valence electrons. The molecule has 0 saturated carbocycles. The first-order valence-electron chi connectivity index (χ1n) is 13.2. The van der Waals surface area contributed by atoms with E-state index in [0.29, 0.717) is 29.1 Å². The number of carbonyl (C=O) groups is 4. The average Bonchev–Trinajstić information content (AvgIpc) is 3.38. The minimum Gasteiger partial charge on any atom is -0.424 e. The maximum Gasteiger partial charge on any atom is 0.419 e. The number of aromatic amines is 1. The third kappa shape index (κ3) is 7.65. The Balaban J connectivity index is 1.80. The lowest BCUT2D eigenvalue weighted by Gasteiger charge is -2.18. The van der Waals surface area contributed by atoms with E-state index in [0.717, 1.165) is 23.2 Å². The number of hydrogen-bond donors (Lipinski definition) is 3. The van der Waals surface area contributed by atoms with Crippen molar-refractivity contribution in [3.63, 3.8) is 0 Å². The highest BCUT2D eigenvalue weighted by molar-refractivity contribution is 6.09. The summed E-state index contributed by atoms with van der Waals surface area (Å²) in [4.78, 5) is 66.9. The van der Waals surface area contributed by atoms with Gasteiger partial charge in [-0.25, -0.2) is 24.5 Å². The fraction of sp³-hybridized carbons (Fsp3) is 0.276. The van der Waals surface area contributed by atoms with Crippen LogP contribution in [0.3, 0.4) is 0 Å². The first-order chi connectivity index (χ1) is 20.2. The molecular weight excluding hydrogens is 542 g/mol. The first kappa shape index (κ1) is 31.2. The molecule has 0 unspecified atom stereocenters. The van der Waals surface area contributed by atoms with Gasteiger partial charge >= 0.3 is 12.1 Å². The van der Waals surface area contributed by atoms with E-state index in [9.17, 15) is 19.2 Å². The van der Waals surface area contributed by atoms with Gasteiger partial charge in [0.2, 0.25) is 6.79 Å². The molecule has 0 fully saturated rings. The van der Waals surface area contributed by atoms with Gasteiger partial charge in [-0.1, -0.05) is 13.0 Å². The number of aromatic nitrogens is 2. The Morgan fingerprint density at radius 1 is 1.12 bits per heavy atom. The molecule has 0 bridgehead atoms. The summed E-state index contributed by atoms with van der Waals surface area (Å²) in [5.41, 5.74) is 8.50. The van der Waals surface area contributed by atoms with Gasteiger partial charge in [-0.3, -0.25) is 14.6 Å². The molecular formula is C29H33N7O6. The summed E-state index contributed by atoms with van der Waals surface area (Å²) in [5, 5.41) is 2.83. The second kappa shape index (κ2) is 14.9. The van der Waals surface area contributed by atoms with E-state index in [-0.39, 0.29) is 29.4 Å². The summed E-state index contributed by atoms with van der Waals surface area (Å²) in [6.07, 6.45) is 5.11. The van der Waals surface area contributed by atoms with Crippen molar-refractivity contribution in [2.75, 3.05) is 19.9 Å². The molecule has 0 aliphatic rings. The molecule has 0 aliphatic heterocycles. The Morgan fingerprint density at radius 2 is 1.90 bits per heavy atom. The molecule has 0 radical (unpaired) electrons. The van der Waals surface area contributed by atoms with E-state index in [2.05, 4.69) is 25.3 Å². The van der Waals surface area contributed by atoms with Crippen LogP contribution in [0.2, 0.25) is 0 Å². The first-order valence-corrected chi connectivity index (χ1v) is 13.2. The van der Waals surface area contributed by atoms with Gasteiger partial charge in [0.15, 0.2) is 5.84 Å². The quantitative estimate of drug-likeness (QED) is 0.142. The zero-order valence-corrected chi connectivity index (χ0v) is 23.8. The molecule has 0 spiro atoms. The highest BCUT2D eigenvalue weighted by Crippen LogP contribution is 2.24. The molecule has 0 saturated heterocycles. The second-order valence-corrected chi connectivity index (χ2v) is 8.92. The van der Waals surface area contributed by atoms with Gasteiger partial charge in [0.1, 0.15) is 0 Å². The van der Waals surface area contributed by atoms with Gasteiger partial charge in [0, 0.05) is 37.2 Å². The SMILES string of the molecule is CCCNC(=O)c1ccc(C)c(N=C(N=CN)c2[nH]cc(C(=O)N(CC)C(=O)OCOC(=O)c3cccnc3)c2C)c1. The Kier molecular flexibility index (Phi) is 11.1. The number of imide groups is 1. The number of nitrogens with one attached hydrogen (secondary N) is 2. The number of amides is 3. The summed E-state index contributed by atoms with van der Waals surface area (Å²) in [6.45, 7) is 6.91. The zero-order valence-electron chi connectivity index (χ0n) is 23.8. The van der Waals surface area contributed by atoms with Gasteiger partial charge in [-0.2, -0.15) is 0 Å². The average molecular weight is 576 g/mol. The molecule has 13 nitrogen and oxygen atoms in total. The molecule has 3 amide bonds. The number of rotatable bonds is 10. The fourth-order valence-corrected chi connectivity index (χ4v) is 3.77.